The lowest BCUT2D eigenvalue weighted by molar-refractivity contribution is 0.0944. The minimum atomic E-state index is -0.232. The third-order valence-electron chi connectivity index (χ3n) is 2.05. The second-order valence-electron chi connectivity index (χ2n) is 4.90. The van der Waals surface area contributed by atoms with Crippen LogP contribution in [0.1, 0.15) is 37.7 Å². The van der Waals surface area contributed by atoms with Crippen LogP contribution in [0.2, 0.25) is 0 Å². The predicted molar refractivity (Wildman–Crippen MR) is 62.8 cm³/mol. The van der Waals surface area contributed by atoms with Gasteiger partial charge in [0.25, 0.3) is 5.91 Å². The lowest BCUT2D eigenvalue weighted by Gasteiger charge is -2.17. The summed E-state index contributed by atoms with van der Waals surface area (Å²) in [6, 6.07) is 0. The fraction of sp³-hybridized carbons (Fsp3) is 0.545. The van der Waals surface area contributed by atoms with Gasteiger partial charge in [-0.15, -0.1) is 0 Å². The molecule has 0 bridgehead atoms. The first-order valence-corrected chi connectivity index (χ1v) is 5.24. The van der Waals surface area contributed by atoms with Gasteiger partial charge in [-0.2, -0.15) is 0 Å². The zero-order chi connectivity index (χ0) is 12.2. The molecule has 3 N–H and O–H groups in total. The fourth-order valence-corrected chi connectivity index (χ4v) is 1.13. The van der Waals surface area contributed by atoms with Crippen molar-refractivity contribution in [2.45, 2.75) is 27.2 Å². The highest BCUT2D eigenvalue weighted by Crippen LogP contribution is 2.16. The molecule has 0 unspecified atom stereocenters. The molecule has 1 amide bonds. The Labute approximate surface area is 95.5 Å². The van der Waals surface area contributed by atoms with Gasteiger partial charge in [-0.05, 0) is 11.8 Å². The molecular formula is C11H18N4O. The largest absolute Gasteiger partial charge is 0.382 e. The van der Waals surface area contributed by atoms with Crippen molar-refractivity contribution in [3.63, 3.8) is 0 Å². The number of anilines is 1. The molecule has 0 aliphatic heterocycles. The Hall–Kier alpha value is -1.65. The van der Waals surface area contributed by atoms with E-state index in [9.17, 15) is 4.79 Å². The number of rotatable bonds is 3. The standard InChI is InChI=1S/C11H18N4O/c1-11(2,3)4-5-14-10(16)8-6-13-7-9(12)15-8/h6-7H,4-5H2,1-3H3,(H2,12,15)(H,14,16). The third kappa shape index (κ3) is 4.25. The van der Waals surface area contributed by atoms with Gasteiger partial charge in [-0.3, -0.25) is 9.78 Å². The number of amides is 1. The Bertz CT molecular complexity index is 370. The lowest BCUT2D eigenvalue weighted by Crippen LogP contribution is -2.28. The zero-order valence-electron chi connectivity index (χ0n) is 9.95. The van der Waals surface area contributed by atoms with Crippen LogP contribution in [-0.2, 0) is 0 Å². The summed E-state index contributed by atoms with van der Waals surface area (Å²) in [4.78, 5) is 19.3. The summed E-state index contributed by atoms with van der Waals surface area (Å²) in [6.45, 7) is 7.00. The molecule has 0 fully saturated rings. The molecule has 0 spiro atoms. The SMILES string of the molecule is CC(C)(C)CCNC(=O)c1cncc(N)n1. The van der Waals surface area contributed by atoms with E-state index in [1.807, 2.05) is 0 Å². The molecule has 0 saturated carbocycles. The number of nitrogen functional groups attached to an aromatic ring is 1. The Morgan fingerprint density at radius 2 is 2.12 bits per heavy atom. The molecule has 88 valence electrons. The molecule has 1 rings (SSSR count). The third-order valence-corrected chi connectivity index (χ3v) is 2.05. The van der Waals surface area contributed by atoms with Crippen LogP contribution in [0.25, 0.3) is 0 Å². The van der Waals surface area contributed by atoms with Crippen molar-refractivity contribution in [2.24, 2.45) is 5.41 Å². The number of nitrogens with two attached hydrogens (primary N) is 1. The summed E-state index contributed by atoms with van der Waals surface area (Å²) < 4.78 is 0. The van der Waals surface area contributed by atoms with E-state index in [4.69, 9.17) is 5.73 Å². The van der Waals surface area contributed by atoms with E-state index >= 15 is 0 Å². The number of hydrogen-bond acceptors (Lipinski definition) is 4. The number of nitrogens with one attached hydrogen (secondary N) is 1. The van der Waals surface area contributed by atoms with Gasteiger partial charge in [0, 0.05) is 6.54 Å². The Balaban J connectivity index is 2.47. The van der Waals surface area contributed by atoms with Gasteiger partial charge >= 0.3 is 0 Å². The number of aromatic nitrogens is 2. The highest BCUT2D eigenvalue weighted by atomic mass is 16.1. The van der Waals surface area contributed by atoms with Crippen LogP contribution >= 0.6 is 0 Å². The van der Waals surface area contributed by atoms with Crippen molar-refractivity contribution < 1.29 is 4.79 Å². The highest BCUT2D eigenvalue weighted by molar-refractivity contribution is 5.92. The number of hydrogen-bond donors (Lipinski definition) is 2. The summed E-state index contributed by atoms with van der Waals surface area (Å²) in [6.07, 6.45) is 3.73. The van der Waals surface area contributed by atoms with Crippen LogP contribution < -0.4 is 11.1 Å². The van der Waals surface area contributed by atoms with Gasteiger partial charge in [-0.25, -0.2) is 4.98 Å². The van der Waals surface area contributed by atoms with Crippen LogP contribution in [0.5, 0.6) is 0 Å². The quantitative estimate of drug-likeness (QED) is 0.805. The first-order chi connectivity index (χ1) is 7.38. The summed E-state index contributed by atoms with van der Waals surface area (Å²) >= 11 is 0. The Morgan fingerprint density at radius 3 is 2.69 bits per heavy atom. The van der Waals surface area contributed by atoms with Crippen LogP contribution in [0.4, 0.5) is 5.82 Å². The van der Waals surface area contributed by atoms with E-state index in [2.05, 4.69) is 36.1 Å². The lowest BCUT2D eigenvalue weighted by atomic mass is 9.92. The molecular weight excluding hydrogens is 204 g/mol. The van der Waals surface area contributed by atoms with E-state index in [1.54, 1.807) is 0 Å². The van der Waals surface area contributed by atoms with Gasteiger partial charge in [-0.1, -0.05) is 20.8 Å². The van der Waals surface area contributed by atoms with Gasteiger partial charge in [0.15, 0.2) is 0 Å². The summed E-state index contributed by atoms with van der Waals surface area (Å²) in [5.74, 6) is 0.0209. The maximum atomic E-state index is 11.6. The van der Waals surface area contributed by atoms with Crippen LogP contribution in [-0.4, -0.2) is 22.4 Å². The van der Waals surface area contributed by atoms with E-state index in [0.29, 0.717) is 6.54 Å². The van der Waals surface area contributed by atoms with Crippen molar-refractivity contribution in [3.8, 4) is 0 Å². The van der Waals surface area contributed by atoms with E-state index in [1.165, 1.54) is 12.4 Å². The van der Waals surface area contributed by atoms with E-state index in [0.717, 1.165) is 6.42 Å². The fourth-order valence-electron chi connectivity index (χ4n) is 1.13. The van der Waals surface area contributed by atoms with Gasteiger partial charge in [0.1, 0.15) is 11.5 Å². The summed E-state index contributed by atoms with van der Waals surface area (Å²) in [5.41, 5.74) is 5.90. The molecule has 0 aliphatic rings. The number of carbonyl (C=O) groups is 1. The predicted octanol–water partition coefficient (Wildman–Crippen LogP) is 1.22. The molecule has 1 aromatic heterocycles. The van der Waals surface area contributed by atoms with Crippen molar-refractivity contribution in [2.75, 3.05) is 12.3 Å². The Morgan fingerprint density at radius 1 is 1.44 bits per heavy atom. The molecule has 0 radical (unpaired) electrons. The van der Waals surface area contributed by atoms with Crippen molar-refractivity contribution >= 4 is 11.7 Å². The van der Waals surface area contributed by atoms with E-state index < -0.39 is 0 Å². The molecule has 5 nitrogen and oxygen atoms in total. The topological polar surface area (TPSA) is 80.9 Å². The van der Waals surface area contributed by atoms with Crippen molar-refractivity contribution in [1.29, 1.82) is 0 Å². The molecule has 1 heterocycles. The van der Waals surface area contributed by atoms with Crippen LogP contribution in [0, 0.1) is 5.41 Å². The first-order valence-electron chi connectivity index (χ1n) is 5.24. The highest BCUT2D eigenvalue weighted by Gasteiger charge is 2.12. The normalized spacial score (nSPS) is 11.2. The van der Waals surface area contributed by atoms with Gasteiger partial charge in [0.2, 0.25) is 0 Å². The van der Waals surface area contributed by atoms with Crippen molar-refractivity contribution in [3.05, 3.63) is 18.1 Å². The van der Waals surface area contributed by atoms with Gasteiger partial charge < -0.3 is 11.1 Å². The zero-order valence-corrected chi connectivity index (χ0v) is 9.95. The maximum absolute atomic E-state index is 11.6. The van der Waals surface area contributed by atoms with E-state index in [-0.39, 0.29) is 22.8 Å². The van der Waals surface area contributed by atoms with Crippen LogP contribution in [0.3, 0.4) is 0 Å². The second kappa shape index (κ2) is 4.92. The molecule has 5 heteroatoms. The molecule has 0 aromatic carbocycles. The minimum Gasteiger partial charge on any atom is -0.382 e. The number of carbonyl (C=O) groups excluding carboxylic acids is 1. The monoisotopic (exact) mass is 222 g/mol. The average Bonchev–Trinajstić information content (AvgIpc) is 2.15. The van der Waals surface area contributed by atoms with Gasteiger partial charge in [0.05, 0.1) is 12.4 Å². The molecule has 16 heavy (non-hydrogen) atoms. The summed E-state index contributed by atoms with van der Waals surface area (Å²) in [5, 5.41) is 2.79. The maximum Gasteiger partial charge on any atom is 0.271 e. The summed E-state index contributed by atoms with van der Waals surface area (Å²) in [7, 11) is 0. The smallest absolute Gasteiger partial charge is 0.271 e. The molecule has 0 aliphatic carbocycles. The molecule has 0 atom stereocenters. The first kappa shape index (κ1) is 12.4. The Kier molecular flexibility index (Phi) is 3.82. The van der Waals surface area contributed by atoms with Crippen LogP contribution in [0.15, 0.2) is 12.4 Å². The minimum absolute atomic E-state index is 0.203. The molecule has 1 aromatic rings. The average molecular weight is 222 g/mol. The molecule has 0 saturated heterocycles. The van der Waals surface area contributed by atoms with Crippen molar-refractivity contribution in [1.82, 2.24) is 15.3 Å². The second-order valence-corrected chi connectivity index (χ2v) is 4.90. The number of nitrogens with zero attached hydrogens (tertiary/aromatic N) is 2.